The average Bonchev–Trinajstić information content (AvgIpc) is 2.82. The van der Waals surface area contributed by atoms with Crippen LogP contribution < -0.4 is 5.32 Å². The van der Waals surface area contributed by atoms with Crippen LogP contribution in [0.5, 0.6) is 0 Å². The standard InChI is InChI=1S/C14H23N3O2S/c1-13(2)11-17(7-8-20(13)19)9-12(18)16-14(10-15)5-3-4-6-14/h3-9,11H2,1-2H3,(H,16,18). The summed E-state index contributed by atoms with van der Waals surface area (Å²) < 4.78 is 11.6. The largest absolute Gasteiger partial charge is 0.337 e. The van der Waals surface area contributed by atoms with E-state index in [1.807, 2.05) is 18.7 Å². The van der Waals surface area contributed by atoms with Crippen LogP contribution in [-0.2, 0) is 15.6 Å². The molecule has 112 valence electrons. The van der Waals surface area contributed by atoms with Crippen molar-refractivity contribution in [1.29, 1.82) is 5.26 Å². The molecule has 0 radical (unpaired) electrons. The van der Waals surface area contributed by atoms with Gasteiger partial charge in [-0.25, -0.2) is 0 Å². The summed E-state index contributed by atoms with van der Waals surface area (Å²) in [5.41, 5.74) is -0.648. The van der Waals surface area contributed by atoms with E-state index in [-0.39, 0.29) is 10.7 Å². The monoisotopic (exact) mass is 297 g/mol. The number of nitriles is 1. The van der Waals surface area contributed by atoms with Crippen molar-refractivity contribution in [2.24, 2.45) is 0 Å². The van der Waals surface area contributed by atoms with Crippen LogP contribution in [0.3, 0.4) is 0 Å². The number of hydrogen-bond acceptors (Lipinski definition) is 4. The van der Waals surface area contributed by atoms with Crippen LogP contribution in [0.15, 0.2) is 0 Å². The lowest BCUT2D eigenvalue weighted by molar-refractivity contribution is -0.123. The fraction of sp³-hybridized carbons (Fsp3) is 0.857. The molecule has 0 aromatic carbocycles. The van der Waals surface area contributed by atoms with Crippen LogP contribution in [0.4, 0.5) is 0 Å². The molecule has 1 saturated carbocycles. The molecule has 1 N–H and O–H groups in total. The van der Waals surface area contributed by atoms with Gasteiger partial charge in [0.2, 0.25) is 5.91 Å². The lowest BCUT2D eigenvalue weighted by atomic mass is 10.00. The zero-order valence-corrected chi connectivity index (χ0v) is 13.1. The highest BCUT2D eigenvalue weighted by atomic mass is 32.2. The van der Waals surface area contributed by atoms with Crippen molar-refractivity contribution in [2.45, 2.75) is 49.8 Å². The number of carbonyl (C=O) groups excluding carboxylic acids is 1. The summed E-state index contributed by atoms with van der Waals surface area (Å²) in [6, 6.07) is 2.27. The third-order valence-corrected chi connectivity index (χ3v) is 6.15. The molecule has 0 spiro atoms. The maximum Gasteiger partial charge on any atom is 0.235 e. The Hall–Kier alpha value is -0.930. The summed E-state index contributed by atoms with van der Waals surface area (Å²) in [6.07, 6.45) is 3.52. The third kappa shape index (κ3) is 3.39. The van der Waals surface area contributed by atoms with E-state index in [1.54, 1.807) is 0 Å². The molecule has 1 unspecified atom stereocenters. The second kappa shape index (κ2) is 5.82. The van der Waals surface area contributed by atoms with Crippen LogP contribution in [0.2, 0.25) is 0 Å². The van der Waals surface area contributed by atoms with Crippen molar-refractivity contribution in [3.8, 4) is 6.07 Å². The van der Waals surface area contributed by atoms with Gasteiger partial charge in [0.15, 0.2) is 0 Å². The van der Waals surface area contributed by atoms with Crippen molar-refractivity contribution in [1.82, 2.24) is 10.2 Å². The maximum atomic E-state index is 12.1. The van der Waals surface area contributed by atoms with Gasteiger partial charge in [0, 0.05) is 29.6 Å². The smallest absolute Gasteiger partial charge is 0.235 e. The van der Waals surface area contributed by atoms with E-state index < -0.39 is 16.3 Å². The number of nitrogens with one attached hydrogen (secondary N) is 1. The predicted octanol–water partition coefficient (Wildman–Crippen LogP) is 0.782. The molecule has 1 amide bonds. The van der Waals surface area contributed by atoms with Crippen LogP contribution >= 0.6 is 0 Å². The van der Waals surface area contributed by atoms with E-state index in [0.29, 0.717) is 25.4 Å². The van der Waals surface area contributed by atoms with E-state index in [9.17, 15) is 14.3 Å². The Kier molecular flexibility index (Phi) is 4.50. The summed E-state index contributed by atoms with van der Waals surface area (Å²) in [4.78, 5) is 14.2. The summed E-state index contributed by atoms with van der Waals surface area (Å²) in [6.45, 7) is 5.58. The second-order valence-corrected chi connectivity index (χ2v) is 8.67. The topological polar surface area (TPSA) is 73.2 Å². The second-order valence-electron chi connectivity index (χ2n) is 6.47. The van der Waals surface area contributed by atoms with E-state index in [4.69, 9.17) is 0 Å². The number of carbonyl (C=O) groups is 1. The van der Waals surface area contributed by atoms with Crippen molar-refractivity contribution < 1.29 is 9.00 Å². The van der Waals surface area contributed by atoms with E-state index in [2.05, 4.69) is 11.4 Å². The first-order valence-corrected chi connectivity index (χ1v) is 8.52. The Labute approximate surface area is 123 Å². The third-order valence-electron chi connectivity index (χ3n) is 4.23. The zero-order chi connectivity index (χ0) is 14.8. The molecule has 2 rings (SSSR count). The molecular weight excluding hydrogens is 274 g/mol. The molecule has 1 saturated heterocycles. The summed E-state index contributed by atoms with van der Waals surface area (Å²) in [5, 5.41) is 12.2. The lowest BCUT2D eigenvalue weighted by Gasteiger charge is -2.37. The zero-order valence-electron chi connectivity index (χ0n) is 12.3. The minimum absolute atomic E-state index is 0.0862. The SMILES string of the molecule is CC1(C)CN(CC(=O)NC2(C#N)CCCC2)CCS1=O. The molecule has 1 aliphatic carbocycles. The van der Waals surface area contributed by atoms with Crippen LogP contribution in [0, 0.1) is 11.3 Å². The summed E-state index contributed by atoms with van der Waals surface area (Å²) >= 11 is 0. The van der Waals surface area contributed by atoms with Gasteiger partial charge in [-0.3, -0.25) is 13.9 Å². The Morgan fingerprint density at radius 1 is 1.40 bits per heavy atom. The molecule has 0 aromatic rings. The van der Waals surface area contributed by atoms with Crippen LogP contribution in [-0.4, -0.2) is 50.7 Å². The van der Waals surface area contributed by atoms with Gasteiger partial charge in [0.05, 0.1) is 17.4 Å². The van der Waals surface area contributed by atoms with Crippen LogP contribution in [0.25, 0.3) is 0 Å². The molecule has 2 fully saturated rings. The van der Waals surface area contributed by atoms with E-state index in [0.717, 1.165) is 25.7 Å². The van der Waals surface area contributed by atoms with Gasteiger partial charge in [-0.05, 0) is 39.5 Å². The number of nitrogens with zero attached hydrogens (tertiary/aromatic N) is 2. The summed E-state index contributed by atoms with van der Waals surface area (Å²) in [5.74, 6) is 0.529. The number of rotatable bonds is 3. The van der Waals surface area contributed by atoms with Crippen LogP contribution in [0.1, 0.15) is 39.5 Å². The molecular formula is C14H23N3O2S. The first kappa shape index (κ1) is 15.5. The maximum absolute atomic E-state index is 12.1. The number of amides is 1. The van der Waals surface area contributed by atoms with Gasteiger partial charge in [0.1, 0.15) is 5.54 Å². The molecule has 20 heavy (non-hydrogen) atoms. The predicted molar refractivity (Wildman–Crippen MR) is 78.5 cm³/mol. The molecule has 6 heteroatoms. The Morgan fingerprint density at radius 3 is 2.60 bits per heavy atom. The van der Waals surface area contributed by atoms with Gasteiger partial charge in [-0.2, -0.15) is 5.26 Å². The molecule has 0 aromatic heterocycles. The quantitative estimate of drug-likeness (QED) is 0.835. The van der Waals surface area contributed by atoms with Crippen molar-refractivity contribution in [2.75, 3.05) is 25.4 Å². The molecule has 1 atom stereocenters. The van der Waals surface area contributed by atoms with Gasteiger partial charge < -0.3 is 5.32 Å². The highest BCUT2D eigenvalue weighted by Gasteiger charge is 2.37. The minimum atomic E-state index is -0.826. The molecule has 0 bridgehead atoms. The lowest BCUT2D eigenvalue weighted by Crippen LogP contribution is -2.54. The van der Waals surface area contributed by atoms with Crippen molar-refractivity contribution in [3.05, 3.63) is 0 Å². The highest BCUT2D eigenvalue weighted by Crippen LogP contribution is 2.29. The molecule has 5 nitrogen and oxygen atoms in total. The fourth-order valence-electron chi connectivity index (χ4n) is 3.07. The Balaban J connectivity index is 1.89. The normalized spacial score (nSPS) is 28.8. The Morgan fingerprint density at radius 2 is 2.05 bits per heavy atom. The fourth-order valence-corrected chi connectivity index (χ4v) is 4.37. The van der Waals surface area contributed by atoms with E-state index in [1.165, 1.54) is 0 Å². The summed E-state index contributed by atoms with van der Waals surface area (Å²) in [7, 11) is -0.826. The van der Waals surface area contributed by atoms with E-state index >= 15 is 0 Å². The van der Waals surface area contributed by atoms with Crippen molar-refractivity contribution >= 4 is 16.7 Å². The number of hydrogen-bond donors (Lipinski definition) is 1. The van der Waals surface area contributed by atoms with Gasteiger partial charge in [0.25, 0.3) is 0 Å². The minimum Gasteiger partial charge on any atom is -0.337 e. The first-order chi connectivity index (χ1) is 9.37. The molecule has 1 heterocycles. The first-order valence-electron chi connectivity index (χ1n) is 7.20. The molecule has 2 aliphatic rings. The van der Waals surface area contributed by atoms with Gasteiger partial charge in [-0.15, -0.1) is 0 Å². The Bertz CT molecular complexity index is 450. The average molecular weight is 297 g/mol. The van der Waals surface area contributed by atoms with Gasteiger partial charge in [-0.1, -0.05) is 0 Å². The van der Waals surface area contributed by atoms with Gasteiger partial charge >= 0.3 is 0 Å². The highest BCUT2D eigenvalue weighted by molar-refractivity contribution is 7.86. The molecule has 1 aliphatic heterocycles. The van der Waals surface area contributed by atoms with Crippen molar-refractivity contribution in [3.63, 3.8) is 0 Å².